The summed E-state index contributed by atoms with van der Waals surface area (Å²) >= 11 is 0. The van der Waals surface area contributed by atoms with Crippen LogP contribution in [0.3, 0.4) is 0 Å². The maximum absolute atomic E-state index is 10.1. The van der Waals surface area contributed by atoms with E-state index in [1.165, 1.54) is 0 Å². The van der Waals surface area contributed by atoms with Crippen molar-refractivity contribution in [1.29, 1.82) is 0 Å². The normalized spacial score (nSPS) is 34.1. The Bertz CT molecular complexity index is 123. The van der Waals surface area contributed by atoms with Crippen LogP contribution in [0, 0.1) is 11.8 Å². The van der Waals surface area contributed by atoms with Gasteiger partial charge >= 0.3 is 0 Å². The fraction of sp³-hybridized carbons (Fsp3) is 0.857. The van der Waals surface area contributed by atoms with E-state index in [0.29, 0.717) is 0 Å². The van der Waals surface area contributed by atoms with Crippen LogP contribution >= 0.6 is 0 Å². The molecular weight excluding hydrogens is 116 g/mol. The quantitative estimate of drug-likeness (QED) is 0.553. The molecule has 0 radical (unpaired) electrons. The Morgan fingerprint density at radius 3 is 2.33 bits per heavy atom. The fourth-order valence-corrected chi connectivity index (χ4v) is 1.18. The average molecular weight is 128 g/mol. The second-order valence-electron chi connectivity index (χ2n) is 3.30. The first kappa shape index (κ1) is 6.75. The smallest absolute Gasteiger partial charge is 0.123 e. The summed E-state index contributed by atoms with van der Waals surface area (Å²) in [7, 11) is 0. The number of carbonyl (C=O) groups excluding carboxylic acids is 1. The van der Waals surface area contributed by atoms with Gasteiger partial charge in [0, 0.05) is 5.92 Å². The number of aliphatic hydroxyl groups is 1. The van der Waals surface area contributed by atoms with Crippen LogP contribution in [0.25, 0.3) is 0 Å². The molecule has 0 saturated heterocycles. The molecule has 52 valence electrons. The standard InChI is InChI=1S/C7H12O2/c1-7(2,9)6-3-5(6)4-8/h4-6,9H,3H2,1-2H3. The van der Waals surface area contributed by atoms with Crippen molar-refractivity contribution in [3.8, 4) is 0 Å². The van der Waals surface area contributed by atoms with E-state index in [1.54, 1.807) is 13.8 Å². The molecule has 0 heterocycles. The lowest BCUT2D eigenvalue weighted by Crippen LogP contribution is -2.22. The Labute approximate surface area is 54.9 Å². The maximum Gasteiger partial charge on any atom is 0.123 e. The van der Waals surface area contributed by atoms with Crippen molar-refractivity contribution >= 4 is 6.29 Å². The van der Waals surface area contributed by atoms with E-state index in [4.69, 9.17) is 0 Å². The van der Waals surface area contributed by atoms with E-state index in [0.717, 1.165) is 12.7 Å². The molecule has 9 heavy (non-hydrogen) atoms. The summed E-state index contributed by atoms with van der Waals surface area (Å²) < 4.78 is 0. The van der Waals surface area contributed by atoms with Crippen LogP contribution in [0.2, 0.25) is 0 Å². The molecule has 1 aliphatic rings. The Morgan fingerprint density at radius 2 is 2.22 bits per heavy atom. The molecule has 1 saturated carbocycles. The summed E-state index contributed by atoms with van der Waals surface area (Å²) in [4.78, 5) is 10.1. The third kappa shape index (κ3) is 1.30. The molecule has 0 aromatic carbocycles. The number of aldehydes is 1. The largest absolute Gasteiger partial charge is 0.390 e. The average Bonchev–Trinajstić information content (AvgIpc) is 2.39. The van der Waals surface area contributed by atoms with Crippen molar-refractivity contribution in [3.05, 3.63) is 0 Å². The van der Waals surface area contributed by atoms with Crippen LogP contribution in [0.1, 0.15) is 20.3 Å². The summed E-state index contributed by atoms with van der Waals surface area (Å²) in [5, 5.41) is 9.30. The molecular formula is C7H12O2. The number of hydrogen-bond acceptors (Lipinski definition) is 2. The molecule has 1 fully saturated rings. The van der Waals surface area contributed by atoms with Crippen molar-refractivity contribution < 1.29 is 9.90 Å². The lowest BCUT2D eigenvalue weighted by Gasteiger charge is -2.15. The van der Waals surface area contributed by atoms with Gasteiger partial charge < -0.3 is 9.90 Å². The summed E-state index contributed by atoms with van der Waals surface area (Å²) in [5.41, 5.74) is -0.647. The van der Waals surface area contributed by atoms with E-state index in [1.807, 2.05) is 0 Å². The molecule has 1 N–H and O–H groups in total. The summed E-state index contributed by atoms with van der Waals surface area (Å²) in [6, 6.07) is 0. The number of hydrogen-bond donors (Lipinski definition) is 1. The summed E-state index contributed by atoms with van der Waals surface area (Å²) in [6.45, 7) is 3.50. The van der Waals surface area contributed by atoms with Crippen LogP contribution in [0.15, 0.2) is 0 Å². The zero-order valence-electron chi connectivity index (χ0n) is 5.79. The van der Waals surface area contributed by atoms with Gasteiger partial charge in [-0.05, 0) is 26.2 Å². The van der Waals surface area contributed by atoms with Gasteiger partial charge in [0.15, 0.2) is 0 Å². The van der Waals surface area contributed by atoms with Crippen molar-refractivity contribution in [2.75, 3.05) is 0 Å². The Morgan fingerprint density at radius 1 is 1.67 bits per heavy atom. The van der Waals surface area contributed by atoms with E-state index in [9.17, 15) is 9.90 Å². The predicted molar refractivity (Wildman–Crippen MR) is 34.0 cm³/mol. The summed E-state index contributed by atoms with van der Waals surface area (Å²) in [5.74, 6) is 0.347. The lowest BCUT2D eigenvalue weighted by molar-refractivity contribution is -0.109. The topological polar surface area (TPSA) is 37.3 Å². The second kappa shape index (κ2) is 1.81. The molecule has 1 rings (SSSR count). The SMILES string of the molecule is CC(C)(O)C1CC1C=O. The van der Waals surface area contributed by atoms with Crippen LogP contribution in [0.4, 0.5) is 0 Å². The minimum atomic E-state index is -0.647. The summed E-state index contributed by atoms with van der Waals surface area (Å²) in [6.07, 6.45) is 1.80. The number of carbonyl (C=O) groups is 1. The number of rotatable bonds is 2. The van der Waals surface area contributed by atoms with Gasteiger partial charge in [-0.25, -0.2) is 0 Å². The van der Waals surface area contributed by atoms with Crippen molar-refractivity contribution in [1.82, 2.24) is 0 Å². The van der Waals surface area contributed by atoms with Gasteiger partial charge in [-0.15, -0.1) is 0 Å². The molecule has 0 bridgehead atoms. The van der Waals surface area contributed by atoms with Crippen LogP contribution in [0.5, 0.6) is 0 Å². The zero-order chi connectivity index (χ0) is 7.07. The Kier molecular flexibility index (Phi) is 1.35. The Hall–Kier alpha value is -0.370. The molecule has 2 nitrogen and oxygen atoms in total. The van der Waals surface area contributed by atoms with Crippen molar-refractivity contribution in [3.63, 3.8) is 0 Å². The highest BCUT2D eigenvalue weighted by atomic mass is 16.3. The van der Waals surface area contributed by atoms with Gasteiger partial charge in [0.25, 0.3) is 0 Å². The van der Waals surface area contributed by atoms with E-state index < -0.39 is 5.60 Å². The van der Waals surface area contributed by atoms with E-state index in [2.05, 4.69) is 0 Å². The van der Waals surface area contributed by atoms with E-state index in [-0.39, 0.29) is 11.8 Å². The highest BCUT2D eigenvalue weighted by molar-refractivity contribution is 5.58. The minimum Gasteiger partial charge on any atom is -0.390 e. The van der Waals surface area contributed by atoms with E-state index >= 15 is 0 Å². The molecule has 2 atom stereocenters. The molecule has 2 heteroatoms. The van der Waals surface area contributed by atoms with Crippen molar-refractivity contribution in [2.24, 2.45) is 11.8 Å². The van der Waals surface area contributed by atoms with Crippen molar-refractivity contribution in [2.45, 2.75) is 25.9 Å². The fourth-order valence-electron chi connectivity index (χ4n) is 1.18. The lowest BCUT2D eigenvalue weighted by atomic mass is 10.0. The third-order valence-electron chi connectivity index (χ3n) is 1.92. The van der Waals surface area contributed by atoms with Crippen LogP contribution in [-0.4, -0.2) is 17.0 Å². The van der Waals surface area contributed by atoms with Gasteiger partial charge in [0.05, 0.1) is 5.60 Å². The van der Waals surface area contributed by atoms with Gasteiger partial charge in [-0.2, -0.15) is 0 Å². The maximum atomic E-state index is 10.1. The first-order chi connectivity index (χ1) is 4.05. The minimum absolute atomic E-state index is 0.130. The molecule has 1 aliphatic carbocycles. The third-order valence-corrected chi connectivity index (χ3v) is 1.92. The zero-order valence-corrected chi connectivity index (χ0v) is 5.79. The molecule has 2 unspecified atom stereocenters. The highest BCUT2D eigenvalue weighted by Crippen LogP contribution is 2.44. The first-order valence-corrected chi connectivity index (χ1v) is 3.23. The molecule has 0 aromatic rings. The van der Waals surface area contributed by atoms with Crippen LogP contribution in [-0.2, 0) is 4.79 Å². The second-order valence-corrected chi connectivity index (χ2v) is 3.30. The first-order valence-electron chi connectivity index (χ1n) is 3.23. The Balaban J connectivity index is 2.42. The molecule has 0 spiro atoms. The highest BCUT2D eigenvalue weighted by Gasteiger charge is 2.46. The monoisotopic (exact) mass is 128 g/mol. The molecule has 0 aromatic heterocycles. The van der Waals surface area contributed by atoms with Gasteiger partial charge in [0.1, 0.15) is 6.29 Å². The predicted octanol–water partition coefficient (Wildman–Crippen LogP) is 0.592. The van der Waals surface area contributed by atoms with Crippen LogP contribution < -0.4 is 0 Å². The molecule has 0 aliphatic heterocycles. The van der Waals surface area contributed by atoms with Gasteiger partial charge in [0.2, 0.25) is 0 Å². The molecule has 0 amide bonds. The van der Waals surface area contributed by atoms with Gasteiger partial charge in [-0.1, -0.05) is 0 Å². The van der Waals surface area contributed by atoms with Gasteiger partial charge in [-0.3, -0.25) is 0 Å².